The first-order valence-corrected chi connectivity index (χ1v) is 14.0. The number of ether oxygens (including phenoxy) is 1. The van der Waals surface area contributed by atoms with Crippen LogP contribution in [0, 0.1) is 16.7 Å². The largest absolute Gasteiger partial charge is 0.465 e. The molecule has 7 heteroatoms. The van der Waals surface area contributed by atoms with E-state index in [4.69, 9.17) is 16.3 Å². The van der Waals surface area contributed by atoms with Gasteiger partial charge >= 0.3 is 5.97 Å². The average molecular weight is 544 g/mol. The van der Waals surface area contributed by atoms with E-state index in [1.807, 2.05) is 6.07 Å². The molecule has 0 spiro atoms. The van der Waals surface area contributed by atoms with Gasteiger partial charge in [-0.25, -0.2) is 9.78 Å². The summed E-state index contributed by atoms with van der Waals surface area (Å²) in [6.07, 6.45) is 9.31. The Morgan fingerprint density at radius 1 is 0.974 bits per heavy atom. The van der Waals surface area contributed by atoms with Crippen LogP contribution in [0.5, 0.6) is 0 Å². The zero-order chi connectivity index (χ0) is 27.4. The summed E-state index contributed by atoms with van der Waals surface area (Å²) in [4.78, 5) is 29.5. The molecule has 0 aliphatic heterocycles. The molecular formula is C32H34ClN3O3. The third kappa shape index (κ3) is 4.80. The van der Waals surface area contributed by atoms with Crippen molar-refractivity contribution in [3.8, 4) is 0 Å². The molecule has 2 N–H and O–H groups in total. The number of rotatable bonds is 6. The summed E-state index contributed by atoms with van der Waals surface area (Å²) < 4.78 is 4.84. The van der Waals surface area contributed by atoms with Crippen LogP contribution < -0.4 is 10.6 Å². The van der Waals surface area contributed by atoms with Crippen molar-refractivity contribution in [3.05, 3.63) is 82.5 Å². The number of amides is 1. The highest BCUT2D eigenvalue weighted by molar-refractivity contribution is 6.34. The van der Waals surface area contributed by atoms with Gasteiger partial charge in [-0.05, 0) is 109 Å². The Bertz CT molecular complexity index is 1450. The second kappa shape index (κ2) is 9.37. The Balaban J connectivity index is 1.20. The lowest BCUT2D eigenvalue weighted by Gasteiger charge is -2.65. The Morgan fingerprint density at radius 3 is 2.44 bits per heavy atom. The van der Waals surface area contributed by atoms with Crippen molar-refractivity contribution < 1.29 is 14.3 Å². The highest BCUT2D eigenvalue weighted by Gasteiger charge is 2.60. The number of carbonyl (C=O) groups is 2. The second-order valence-electron chi connectivity index (χ2n) is 12.7. The monoisotopic (exact) mass is 543 g/mol. The molecule has 4 bridgehead atoms. The summed E-state index contributed by atoms with van der Waals surface area (Å²) >= 11 is 6.79. The molecule has 4 aliphatic rings. The number of pyridine rings is 1. The van der Waals surface area contributed by atoms with Gasteiger partial charge in [0, 0.05) is 17.4 Å². The number of hydrogen-bond acceptors (Lipinski definition) is 5. The molecule has 0 radical (unpaired) electrons. The number of nitrogens with one attached hydrogen (secondary N) is 2. The van der Waals surface area contributed by atoms with Crippen LogP contribution in [0.25, 0.3) is 0 Å². The second-order valence-corrected chi connectivity index (χ2v) is 13.1. The molecule has 202 valence electrons. The van der Waals surface area contributed by atoms with Crippen molar-refractivity contribution in [1.82, 2.24) is 4.98 Å². The molecule has 7 rings (SSSR count). The number of anilines is 3. The highest BCUT2D eigenvalue weighted by atomic mass is 35.5. The van der Waals surface area contributed by atoms with Gasteiger partial charge in [-0.3, -0.25) is 4.79 Å². The van der Waals surface area contributed by atoms with Crippen LogP contribution in [-0.4, -0.2) is 24.0 Å². The van der Waals surface area contributed by atoms with Gasteiger partial charge in [-0.1, -0.05) is 37.6 Å². The number of methoxy groups -OCH3 is 1. The maximum atomic E-state index is 13.2. The summed E-state index contributed by atoms with van der Waals surface area (Å²) in [5.41, 5.74) is 4.32. The van der Waals surface area contributed by atoms with Crippen LogP contribution in [0.2, 0.25) is 5.02 Å². The molecule has 0 saturated heterocycles. The van der Waals surface area contributed by atoms with Crippen LogP contribution in [0.4, 0.5) is 17.2 Å². The molecule has 1 heterocycles. The Morgan fingerprint density at radius 2 is 1.74 bits per heavy atom. The van der Waals surface area contributed by atoms with Gasteiger partial charge in [0.2, 0.25) is 0 Å². The van der Waals surface area contributed by atoms with E-state index in [2.05, 4.69) is 41.6 Å². The fourth-order valence-electron chi connectivity index (χ4n) is 8.56. The highest BCUT2D eigenvalue weighted by Crippen LogP contribution is 2.70. The van der Waals surface area contributed by atoms with Crippen LogP contribution in [0.15, 0.2) is 60.8 Å². The minimum absolute atomic E-state index is 0.184. The fraction of sp³-hybridized carbons (Fsp3) is 0.406. The zero-order valence-corrected chi connectivity index (χ0v) is 23.4. The summed E-state index contributed by atoms with van der Waals surface area (Å²) in [7, 11) is 1.32. The lowest BCUT2D eigenvalue weighted by Crippen LogP contribution is -2.56. The van der Waals surface area contributed by atoms with Crippen molar-refractivity contribution in [2.45, 2.75) is 57.8 Å². The Kier molecular flexibility index (Phi) is 6.22. The number of carbonyl (C=O) groups excluding carboxylic acids is 2. The number of hydrogen-bond donors (Lipinski definition) is 2. The number of nitrogens with zero attached hydrogens (tertiary/aromatic N) is 1. The molecular weight excluding hydrogens is 510 g/mol. The summed E-state index contributed by atoms with van der Waals surface area (Å²) in [5.74, 6) is 0.393. The van der Waals surface area contributed by atoms with Gasteiger partial charge in [-0.15, -0.1) is 0 Å². The van der Waals surface area contributed by atoms with E-state index in [-0.39, 0.29) is 11.3 Å². The summed E-state index contributed by atoms with van der Waals surface area (Å²) in [6, 6.07) is 16.5. The number of benzene rings is 2. The fourth-order valence-corrected chi connectivity index (χ4v) is 8.79. The summed E-state index contributed by atoms with van der Waals surface area (Å²) in [6.45, 7) is 4.96. The van der Waals surface area contributed by atoms with Gasteiger partial charge in [0.25, 0.3) is 5.91 Å². The number of halogens is 1. The quantitative estimate of drug-likeness (QED) is 0.310. The van der Waals surface area contributed by atoms with Crippen LogP contribution in [0.1, 0.15) is 78.7 Å². The molecule has 1 aromatic heterocycles. The molecule has 3 aromatic rings. The van der Waals surface area contributed by atoms with E-state index in [1.54, 1.807) is 42.6 Å². The predicted octanol–water partition coefficient (Wildman–Crippen LogP) is 7.77. The molecule has 4 saturated carbocycles. The standard InChI is InChI=1S/C32H34ClN3O3/c1-30-14-20-15-31(2,17-30)19-32(16-20,18-30)22-9-10-26(25(33)13-22)36-28(37)21-6-4-7-23(12-21)35-27-24(29(38)39-3)8-5-11-34-27/h4-13,20H,14-19H2,1-3H3,(H,34,35)(H,36,37). The Hall–Kier alpha value is -3.38. The number of esters is 1. The first-order valence-electron chi connectivity index (χ1n) is 13.6. The van der Waals surface area contributed by atoms with Crippen LogP contribution >= 0.6 is 11.6 Å². The van der Waals surface area contributed by atoms with E-state index in [0.717, 1.165) is 5.92 Å². The molecule has 6 nitrogen and oxygen atoms in total. The van der Waals surface area contributed by atoms with E-state index >= 15 is 0 Å². The normalized spacial score (nSPS) is 28.7. The molecule has 4 fully saturated rings. The van der Waals surface area contributed by atoms with Gasteiger partial charge in [0.15, 0.2) is 0 Å². The van der Waals surface area contributed by atoms with Gasteiger partial charge in [0.05, 0.1) is 17.8 Å². The maximum absolute atomic E-state index is 13.2. The summed E-state index contributed by atoms with van der Waals surface area (Å²) in [5, 5.41) is 6.67. The lowest BCUT2D eigenvalue weighted by atomic mass is 9.39. The van der Waals surface area contributed by atoms with Crippen molar-refractivity contribution >= 4 is 40.7 Å². The lowest BCUT2D eigenvalue weighted by molar-refractivity contribution is -0.110. The molecule has 39 heavy (non-hydrogen) atoms. The van der Waals surface area contributed by atoms with Gasteiger partial charge in [0.1, 0.15) is 11.4 Å². The van der Waals surface area contributed by atoms with E-state index < -0.39 is 5.97 Å². The average Bonchev–Trinajstić information content (AvgIpc) is 2.87. The van der Waals surface area contributed by atoms with E-state index in [9.17, 15) is 9.59 Å². The predicted molar refractivity (Wildman–Crippen MR) is 154 cm³/mol. The third-order valence-corrected chi connectivity index (χ3v) is 9.37. The van der Waals surface area contributed by atoms with E-state index in [0.29, 0.717) is 44.2 Å². The number of aromatic nitrogens is 1. The van der Waals surface area contributed by atoms with Gasteiger partial charge < -0.3 is 15.4 Å². The third-order valence-electron chi connectivity index (χ3n) is 9.06. The minimum atomic E-state index is -0.491. The first-order chi connectivity index (χ1) is 18.6. The Labute approximate surface area is 234 Å². The van der Waals surface area contributed by atoms with Gasteiger partial charge in [-0.2, -0.15) is 0 Å². The van der Waals surface area contributed by atoms with Crippen molar-refractivity contribution in [2.75, 3.05) is 17.7 Å². The van der Waals surface area contributed by atoms with Crippen molar-refractivity contribution in [3.63, 3.8) is 0 Å². The first kappa shape index (κ1) is 25.9. The topological polar surface area (TPSA) is 80.3 Å². The molecule has 4 aliphatic carbocycles. The molecule has 1 amide bonds. The molecule has 2 unspecified atom stereocenters. The van der Waals surface area contributed by atoms with Crippen molar-refractivity contribution in [2.24, 2.45) is 16.7 Å². The maximum Gasteiger partial charge on any atom is 0.341 e. The van der Waals surface area contributed by atoms with Crippen LogP contribution in [-0.2, 0) is 10.2 Å². The van der Waals surface area contributed by atoms with Crippen molar-refractivity contribution in [1.29, 1.82) is 0 Å². The minimum Gasteiger partial charge on any atom is -0.465 e. The zero-order valence-electron chi connectivity index (χ0n) is 22.6. The van der Waals surface area contributed by atoms with Crippen LogP contribution in [0.3, 0.4) is 0 Å². The molecule has 2 atom stereocenters. The molecule has 2 aromatic carbocycles. The SMILES string of the molecule is COC(=O)c1cccnc1Nc1cccc(C(=O)Nc2ccc(C34CC5CC(C)(CC(C)(C5)C3)C4)cc2Cl)c1. The van der Waals surface area contributed by atoms with E-state index in [1.165, 1.54) is 51.2 Å². The smallest absolute Gasteiger partial charge is 0.341 e.